The molecule has 1 aromatic rings. The summed E-state index contributed by atoms with van der Waals surface area (Å²) in [6.07, 6.45) is -0.920. The number of halogens is 1. The summed E-state index contributed by atoms with van der Waals surface area (Å²) in [4.78, 5) is 24.0. The van der Waals surface area contributed by atoms with Gasteiger partial charge in [-0.1, -0.05) is 11.6 Å². The molecule has 0 aromatic heterocycles. The van der Waals surface area contributed by atoms with Crippen molar-refractivity contribution in [1.29, 1.82) is 0 Å². The second kappa shape index (κ2) is 6.04. The van der Waals surface area contributed by atoms with Gasteiger partial charge in [0.2, 0.25) is 6.79 Å². The van der Waals surface area contributed by atoms with E-state index in [1.807, 2.05) is 20.8 Å². The predicted molar refractivity (Wildman–Crippen MR) is 80.3 cm³/mol. The first-order valence-corrected chi connectivity index (χ1v) is 7.17. The average molecular weight is 328 g/mol. The Bertz CT molecular complexity index is 609. The minimum atomic E-state index is -0.920. The Morgan fingerprint density at radius 2 is 2.00 bits per heavy atom. The van der Waals surface area contributed by atoms with Crippen LogP contribution in [-0.2, 0) is 9.53 Å². The molecule has 0 spiro atoms. The number of rotatable bonds is 3. The maximum Gasteiger partial charge on any atom is 0.339 e. The topological polar surface area (TPSA) is 73.9 Å². The monoisotopic (exact) mass is 327 g/mol. The van der Waals surface area contributed by atoms with Crippen LogP contribution in [0.3, 0.4) is 0 Å². The zero-order chi connectivity index (χ0) is 16.5. The predicted octanol–water partition coefficient (Wildman–Crippen LogP) is 2.53. The van der Waals surface area contributed by atoms with Crippen LogP contribution < -0.4 is 14.8 Å². The van der Waals surface area contributed by atoms with Crippen LogP contribution in [0.4, 0.5) is 0 Å². The molecular formula is C15H18ClNO5. The van der Waals surface area contributed by atoms with Crippen molar-refractivity contribution >= 4 is 23.5 Å². The van der Waals surface area contributed by atoms with Crippen molar-refractivity contribution < 1.29 is 23.8 Å². The molecule has 6 nitrogen and oxygen atoms in total. The molecule has 0 bridgehead atoms. The number of hydrogen-bond acceptors (Lipinski definition) is 5. The number of benzene rings is 1. The molecule has 7 heteroatoms. The highest BCUT2D eigenvalue weighted by Crippen LogP contribution is 2.39. The van der Waals surface area contributed by atoms with Crippen LogP contribution >= 0.6 is 11.6 Å². The number of carbonyl (C=O) groups excluding carboxylic acids is 2. The summed E-state index contributed by atoms with van der Waals surface area (Å²) in [5.41, 5.74) is -0.204. The van der Waals surface area contributed by atoms with Crippen molar-refractivity contribution in [3.63, 3.8) is 0 Å². The van der Waals surface area contributed by atoms with Gasteiger partial charge in [-0.15, -0.1) is 0 Å². The maximum absolute atomic E-state index is 12.1. The molecule has 1 N–H and O–H groups in total. The number of nitrogens with one attached hydrogen (secondary N) is 1. The van der Waals surface area contributed by atoms with Crippen molar-refractivity contribution in [2.24, 2.45) is 0 Å². The van der Waals surface area contributed by atoms with Crippen LogP contribution in [0, 0.1) is 0 Å². The Labute approximate surface area is 133 Å². The van der Waals surface area contributed by atoms with Gasteiger partial charge in [-0.2, -0.15) is 0 Å². The lowest BCUT2D eigenvalue weighted by atomic mass is 10.1. The van der Waals surface area contributed by atoms with Gasteiger partial charge in [-0.25, -0.2) is 4.79 Å². The lowest BCUT2D eigenvalue weighted by molar-refractivity contribution is -0.130. The Morgan fingerprint density at radius 1 is 1.32 bits per heavy atom. The van der Waals surface area contributed by atoms with Gasteiger partial charge < -0.3 is 19.5 Å². The lowest BCUT2D eigenvalue weighted by Gasteiger charge is -2.23. The first kappa shape index (κ1) is 16.4. The molecule has 0 radical (unpaired) electrons. The largest absolute Gasteiger partial charge is 0.454 e. The van der Waals surface area contributed by atoms with Gasteiger partial charge in [0.15, 0.2) is 17.6 Å². The summed E-state index contributed by atoms with van der Waals surface area (Å²) in [7, 11) is 0. The summed E-state index contributed by atoms with van der Waals surface area (Å²) in [6.45, 7) is 7.09. The SMILES string of the molecule is C[C@H](OC(=O)c1cc(Cl)c2c(c1)OCO2)C(=O)NC(C)(C)C. The third-order valence-corrected chi connectivity index (χ3v) is 3.09. The van der Waals surface area contributed by atoms with Gasteiger partial charge in [-0.3, -0.25) is 4.79 Å². The quantitative estimate of drug-likeness (QED) is 0.864. The standard InChI is InChI=1S/C15H18ClNO5/c1-8(13(18)17-15(2,3)4)22-14(19)9-5-10(16)12-11(6-9)20-7-21-12/h5-6,8H,7H2,1-4H3,(H,17,18)/t8-/m0/s1. The van der Waals surface area contributed by atoms with E-state index >= 15 is 0 Å². The number of fused-ring (bicyclic) bond motifs is 1. The molecule has 1 aliphatic rings. The van der Waals surface area contributed by atoms with E-state index in [4.69, 9.17) is 25.8 Å². The molecule has 0 unspecified atom stereocenters. The van der Waals surface area contributed by atoms with Crippen LogP contribution in [0.25, 0.3) is 0 Å². The molecule has 1 heterocycles. The molecule has 0 saturated carbocycles. The fourth-order valence-corrected chi connectivity index (χ4v) is 2.10. The van der Waals surface area contributed by atoms with Crippen LogP contribution in [0.1, 0.15) is 38.1 Å². The molecule has 22 heavy (non-hydrogen) atoms. The van der Waals surface area contributed by atoms with Gasteiger partial charge in [0.05, 0.1) is 10.6 Å². The normalized spacial score (nSPS) is 14.4. The van der Waals surface area contributed by atoms with E-state index in [1.165, 1.54) is 19.1 Å². The number of amides is 1. The minimum Gasteiger partial charge on any atom is -0.454 e. The number of ether oxygens (including phenoxy) is 3. The maximum atomic E-state index is 12.1. The van der Waals surface area contributed by atoms with E-state index in [0.29, 0.717) is 11.5 Å². The van der Waals surface area contributed by atoms with Gasteiger partial charge in [0.1, 0.15) is 0 Å². The van der Waals surface area contributed by atoms with Crippen LogP contribution in [0.2, 0.25) is 5.02 Å². The summed E-state index contributed by atoms with van der Waals surface area (Å²) in [6, 6.07) is 2.90. The fourth-order valence-electron chi connectivity index (χ4n) is 1.84. The van der Waals surface area contributed by atoms with Crippen molar-refractivity contribution in [3.8, 4) is 11.5 Å². The lowest BCUT2D eigenvalue weighted by Crippen LogP contribution is -2.46. The first-order valence-electron chi connectivity index (χ1n) is 6.79. The van der Waals surface area contributed by atoms with Crippen molar-refractivity contribution in [3.05, 3.63) is 22.7 Å². The summed E-state index contributed by atoms with van der Waals surface area (Å²) < 4.78 is 15.5. The highest BCUT2D eigenvalue weighted by Gasteiger charge is 2.25. The molecule has 0 aliphatic carbocycles. The van der Waals surface area contributed by atoms with E-state index < -0.39 is 17.6 Å². The Hall–Kier alpha value is -1.95. The zero-order valence-corrected chi connectivity index (χ0v) is 13.6. The van der Waals surface area contributed by atoms with E-state index in [2.05, 4.69) is 5.32 Å². The minimum absolute atomic E-state index is 0.0535. The second-order valence-corrected chi connectivity index (χ2v) is 6.39. The molecule has 2 rings (SSSR count). The molecule has 1 aliphatic heterocycles. The molecule has 0 saturated heterocycles. The van der Waals surface area contributed by atoms with Crippen LogP contribution in [0.15, 0.2) is 12.1 Å². The summed E-state index contributed by atoms with van der Waals surface area (Å²) in [5, 5.41) is 3.00. The Balaban J connectivity index is 2.06. The molecule has 1 aromatic carbocycles. The molecule has 1 atom stereocenters. The fraction of sp³-hybridized carbons (Fsp3) is 0.467. The number of carbonyl (C=O) groups is 2. The van der Waals surface area contributed by atoms with Gasteiger partial charge in [0.25, 0.3) is 5.91 Å². The highest BCUT2D eigenvalue weighted by atomic mass is 35.5. The molecule has 120 valence electrons. The molecule has 0 fully saturated rings. The van der Waals surface area contributed by atoms with E-state index in [0.717, 1.165) is 0 Å². The average Bonchev–Trinajstić information content (AvgIpc) is 2.85. The first-order chi connectivity index (χ1) is 10.2. The van der Waals surface area contributed by atoms with Crippen molar-refractivity contribution in [2.45, 2.75) is 39.3 Å². The van der Waals surface area contributed by atoms with E-state index in [9.17, 15) is 9.59 Å². The van der Waals surface area contributed by atoms with Gasteiger partial charge in [-0.05, 0) is 39.8 Å². The van der Waals surface area contributed by atoms with Crippen LogP contribution in [-0.4, -0.2) is 30.3 Å². The molecular weight excluding hydrogens is 310 g/mol. The van der Waals surface area contributed by atoms with Crippen molar-refractivity contribution in [1.82, 2.24) is 5.32 Å². The summed E-state index contributed by atoms with van der Waals surface area (Å²) in [5.74, 6) is -0.243. The van der Waals surface area contributed by atoms with Gasteiger partial charge in [0, 0.05) is 5.54 Å². The van der Waals surface area contributed by atoms with Crippen molar-refractivity contribution in [2.75, 3.05) is 6.79 Å². The van der Waals surface area contributed by atoms with E-state index in [-0.39, 0.29) is 23.3 Å². The third-order valence-electron chi connectivity index (χ3n) is 2.81. The highest BCUT2D eigenvalue weighted by molar-refractivity contribution is 6.32. The third kappa shape index (κ3) is 3.82. The Kier molecular flexibility index (Phi) is 4.51. The molecule has 1 amide bonds. The summed E-state index contributed by atoms with van der Waals surface area (Å²) >= 11 is 6.01. The van der Waals surface area contributed by atoms with Crippen LogP contribution in [0.5, 0.6) is 11.5 Å². The smallest absolute Gasteiger partial charge is 0.339 e. The number of hydrogen-bond donors (Lipinski definition) is 1. The Morgan fingerprint density at radius 3 is 2.64 bits per heavy atom. The van der Waals surface area contributed by atoms with E-state index in [1.54, 1.807) is 0 Å². The second-order valence-electron chi connectivity index (χ2n) is 5.98. The van der Waals surface area contributed by atoms with Gasteiger partial charge >= 0.3 is 5.97 Å². The zero-order valence-electron chi connectivity index (χ0n) is 12.9. The number of esters is 1.